The SMILES string of the molecule is CC(C)NC(C)(C)C1CCCC1. The molecular weight excluding hydrogens is 146 g/mol. The molecule has 0 atom stereocenters. The topological polar surface area (TPSA) is 12.0 Å². The van der Waals surface area contributed by atoms with E-state index >= 15 is 0 Å². The molecule has 0 amide bonds. The number of nitrogens with one attached hydrogen (secondary N) is 1. The van der Waals surface area contributed by atoms with E-state index in [1.165, 1.54) is 25.7 Å². The summed E-state index contributed by atoms with van der Waals surface area (Å²) in [5.74, 6) is 0.903. The fourth-order valence-corrected chi connectivity index (χ4v) is 2.51. The molecule has 1 nitrogen and oxygen atoms in total. The maximum absolute atomic E-state index is 3.66. The summed E-state index contributed by atoms with van der Waals surface area (Å²) >= 11 is 0. The lowest BCUT2D eigenvalue weighted by molar-refractivity contribution is 0.239. The molecule has 1 fully saturated rings. The van der Waals surface area contributed by atoms with Crippen LogP contribution < -0.4 is 5.32 Å². The largest absolute Gasteiger partial charge is 0.309 e. The Morgan fingerprint density at radius 2 is 1.67 bits per heavy atom. The Morgan fingerprint density at radius 3 is 2.08 bits per heavy atom. The van der Waals surface area contributed by atoms with E-state index in [4.69, 9.17) is 0 Å². The van der Waals surface area contributed by atoms with Crippen molar-refractivity contribution in [3.8, 4) is 0 Å². The van der Waals surface area contributed by atoms with Crippen molar-refractivity contribution in [2.24, 2.45) is 5.92 Å². The summed E-state index contributed by atoms with van der Waals surface area (Å²) in [6.45, 7) is 9.17. The zero-order chi connectivity index (χ0) is 9.19. The van der Waals surface area contributed by atoms with E-state index in [9.17, 15) is 0 Å². The van der Waals surface area contributed by atoms with Crippen LogP contribution in [0.15, 0.2) is 0 Å². The molecule has 1 saturated carbocycles. The van der Waals surface area contributed by atoms with Crippen LogP contribution in [0.25, 0.3) is 0 Å². The Hall–Kier alpha value is -0.0400. The molecule has 1 N–H and O–H groups in total. The Labute approximate surface area is 76.9 Å². The third-order valence-corrected chi connectivity index (χ3v) is 3.04. The Balaban J connectivity index is 2.45. The first kappa shape index (κ1) is 10.0. The fraction of sp³-hybridized carbons (Fsp3) is 1.00. The zero-order valence-corrected chi connectivity index (χ0v) is 8.98. The molecule has 1 rings (SSSR count). The van der Waals surface area contributed by atoms with Crippen LogP contribution in [0, 0.1) is 5.92 Å². The molecule has 0 aromatic heterocycles. The molecule has 1 aliphatic rings. The van der Waals surface area contributed by atoms with Gasteiger partial charge in [-0.05, 0) is 32.6 Å². The second-order valence-corrected chi connectivity index (χ2v) is 5.00. The number of rotatable bonds is 3. The van der Waals surface area contributed by atoms with Gasteiger partial charge < -0.3 is 5.32 Å². The standard InChI is InChI=1S/C11H23N/c1-9(2)12-11(3,4)10-7-5-6-8-10/h9-10,12H,5-8H2,1-4H3. The van der Waals surface area contributed by atoms with Crippen LogP contribution in [0.2, 0.25) is 0 Å². The van der Waals surface area contributed by atoms with Gasteiger partial charge in [0.1, 0.15) is 0 Å². The van der Waals surface area contributed by atoms with Crippen molar-refractivity contribution < 1.29 is 0 Å². The average Bonchev–Trinajstić information content (AvgIpc) is 2.32. The van der Waals surface area contributed by atoms with Crippen molar-refractivity contribution in [1.29, 1.82) is 0 Å². The Kier molecular flexibility index (Phi) is 3.16. The quantitative estimate of drug-likeness (QED) is 0.685. The molecule has 0 aromatic carbocycles. The summed E-state index contributed by atoms with van der Waals surface area (Å²) in [7, 11) is 0. The zero-order valence-electron chi connectivity index (χ0n) is 8.98. The van der Waals surface area contributed by atoms with Gasteiger partial charge in [0.15, 0.2) is 0 Å². The van der Waals surface area contributed by atoms with Crippen LogP contribution in [-0.2, 0) is 0 Å². The molecule has 72 valence electrons. The van der Waals surface area contributed by atoms with Gasteiger partial charge in [0.25, 0.3) is 0 Å². The molecule has 0 aliphatic heterocycles. The van der Waals surface area contributed by atoms with Crippen LogP contribution in [0.5, 0.6) is 0 Å². The van der Waals surface area contributed by atoms with Gasteiger partial charge >= 0.3 is 0 Å². The predicted octanol–water partition coefficient (Wildman–Crippen LogP) is 2.95. The predicted molar refractivity (Wildman–Crippen MR) is 54.3 cm³/mol. The van der Waals surface area contributed by atoms with Crippen LogP contribution in [-0.4, -0.2) is 11.6 Å². The van der Waals surface area contributed by atoms with E-state index < -0.39 is 0 Å². The summed E-state index contributed by atoms with van der Waals surface area (Å²) in [6.07, 6.45) is 5.72. The highest BCUT2D eigenvalue weighted by Gasteiger charge is 2.31. The molecule has 0 aromatic rings. The van der Waals surface area contributed by atoms with E-state index in [-0.39, 0.29) is 0 Å². The van der Waals surface area contributed by atoms with Crippen molar-refractivity contribution in [1.82, 2.24) is 5.32 Å². The minimum atomic E-state index is 0.352. The Morgan fingerprint density at radius 1 is 1.17 bits per heavy atom. The van der Waals surface area contributed by atoms with Crippen LogP contribution in [0.3, 0.4) is 0 Å². The van der Waals surface area contributed by atoms with Crippen LogP contribution >= 0.6 is 0 Å². The summed E-state index contributed by atoms with van der Waals surface area (Å²) < 4.78 is 0. The van der Waals surface area contributed by atoms with Crippen molar-refractivity contribution in [3.63, 3.8) is 0 Å². The van der Waals surface area contributed by atoms with E-state index in [0.717, 1.165) is 5.92 Å². The molecule has 0 heterocycles. The molecule has 0 unspecified atom stereocenters. The second kappa shape index (κ2) is 3.78. The first-order valence-electron chi connectivity index (χ1n) is 5.30. The average molecular weight is 169 g/mol. The lowest BCUT2D eigenvalue weighted by Gasteiger charge is -2.35. The van der Waals surface area contributed by atoms with Gasteiger partial charge in [0, 0.05) is 11.6 Å². The first-order chi connectivity index (χ1) is 5.52. The van der Waals surface area contributed by atoms with Gasteiger partial charge in [0.2, 0.25) is 0 Å². The lowest BCUT2D eigenvalue weighted by atomic mass is 9.85. The van der Waals surface area contributed by atoms with Crippen molar-refractivity contribution >= 4 is 0 Å². The van der Waals surface area contributed by atoms with Crippen molar-refractivity contribution in [3.05, 3.63) is 0 Å². The van der Waals surface area contributed by atoms with Crippen molar-refractivity contribution in [2.75, 3.05) is 0 Å². The molecule has 1 aliphatic carbocycles. The summed E-state index contributed by atoms with van der Waals surface area (Å²) in [4.78, 5) is 0. The molecule has 0 spiro atoms. The van der Waals surface area contributed by atoms with Gasteiger partial charge in [-0.15, -0.1) is 0 Å². The summed E-state index contributed by atoms with van der Waals surface area (Å²) in [6, 6.07) is 0.612. The maximum Gasteiger partial charge on any atom is 0.0155 e. The van der Waals surface area contributed by atoms with Gasteiger partial charge in [-0.25, -0.2) is 0 Å². The monoisotopic (exact) mass is 169 g/mol. The third-order valence-electron chi connectivity index (χ3n) is 3.04. The summed E-state index contributed by atoms with van der Waals surface area (Å²) in [5.41, 5.74) is 0.352. The van der Waals surface area contributed by atoms with Gasteiger partial charge in [0.05, 0.1) is 0 Å². The number of hydrogen-bond acceptors (Lipinski definition) is 1. The highest BCUT2D eigenvalue weighted by molar-refractivity contribution is 4.89. The second-order valence-electron chi connectivity index (χ2n) is 5.00. The van der Waals surface area contributed by atoms with E-state index in [0.29, 0.717) is 11.6 Å². The third kappa shape index (κ3) is 2.48. The highest BCUT2D eigenvalue weighted by atomic mass is 15.0. The molecule has 1 heteroatoms. The molecule has 0 bridgehead atoms. The summed E-state index contributed by atoms with van der Waals surface area (Å²) in [5, 5.41) is 3.66. The van der Waals surface area contributed by atoms with Gasteiger partial charge in [-0.2, -0.15) is 0 Å². The smallest absolute Gasteiger partial charge is 0.0155 e. The maximum atomic E-state index is 3.66. The minimum Gasteiger partial charge on any atom is -0.309 e. The van der Waals surface area contributed by atoms with Crippen LogP contribution in [0.1, 0.15) is 53.4 Å². The van der Waals surface area contributed by atoms with E-state index in [1.54, 1.807) is 0 Å². The van der Waals surface area contributed by atoms with Crippen LogP contribution in [0.4, 0.5) is 0 Å². The lowest BCUT2D eigenvalue weighted by Crippen LogP contribution is -2.48. The molecular formula is C11H23N. The minimum absolute atomic E-state index is 0.352. The van der Waals surface area contributed by atoms with E-state index in [1.807, 2.05) is 0 Å². The normalized spacial score (nSPS) is 20.8. The first-order valence-corrected chi connectivity index (χ1v) is 5.30. The molecule has 12 heavy (non-hydrogen) atoms. The van der Waals surface area contributed by atoms with E-state index in [2.05, 4.69) is 33.0 Å². The molecule has 0 radical (unpaired) electrons. The van der Waals surface area contributed by atoms with Gasteiger partial charge in [-0.1, -0.05) is 26.7 Å². The van der Waals surface area contributed by atoms with Gasteiger partial charge in [-0.3, -0.25) is 0 Å². The van der Waals surface area contributed by atoms with Crippen molar-refractivity contribution in [2.45, 2.75) is 65.0 Å². The fourth-order valence-electron chi connectivity index (χ4n) is 2.51. The molecule has 0 saturated heterocycles. The highest BCUT2D eigenvalue weighted by Crippen LogP contribution is 2.33. The Bertz CT molecular complexity index is 132. The number of hydrogen-bond donors (Lipinski definition) is 1.